The van der Waals surface area contributed by atoms with E-state index in [2.05, 4.69) is 4.98 Å². The number of primary amides is 1. The van der Waals surface area contributed by atoms with E-state index in [0.29, 0.717) is 0 Å². The van der Waals surface area contributed by atoms with Gasteiger partial charge in [-0.2, -0.15) is 0 Å². The Morgan fingerprint density at radius 1 is 1.40 bits per heavy atom. The fourth-order valence-corrected chi connectivity index (χ4v) is 2.24. The van der Waals surface area contributed by atoms with Gasteiger partial charge < -0.3 is 11.5 Å². The van der Waals surface area contributed by atoms with E-state index >= 15 is 0 Å². The fraction of sp³-hybridized carbons (Fsp3) is 0.333. The molecule has 0 unspecified atom stereocenters. The molecule has 0 aliphatic heterocycles. The van der Waals surface area contributed by atoms with E-state index in [1.165, 1.54) is 17.7 Å². The average molecular weight is 275 g/mol. The number of carbonyl (C=O) groups excluding carboxylic acids is 1. The van der Waals surface area contributed by atoms with Crippen LogP contribution in [0, 0.1) is 0 Å². The Bertz CT molecular complexity index is 860. The number of hydrogen-bond acceptors (Lipinski definition) is 5. The summed E-state index contributed by atoms with van der Waals surface area (Å²) >= 11 is 0. The summed E-state index contributed by atoms with van der Waals surface area (Å²) in [5, 5.41) is 0.169. The molecule has 1 saturated carbocycles. The Morgan fingerprint density at radius 2 is 2.05 bits per heavy atom. The fourth-order valence-electron chi connectivity index (χ4n) is 2.24. The predicted molar refractivity (Wildman–Crippen MR) is 72.4 cm³/mol. The molecular formula is C12H13N5O3. The lowest BCUT2D eigenvalue weighted by molar-refractivity contribution is 0.100. The lowest BCUT2D eigenvalue weighted by atomic mass is 10.2. The van der Waals surface area contributed by atoms with E-state index in [9.17, 15) is 14.4 Å². The number of hydrogen-bond donors (Lipinski definition) is 2. The Balaban J connectivity index is 2.51. The summed E-state index contributed by atoms with van der Waals surface area (Å²) in [4.78, 5) is 39.6. The van der Waals surface area contributed by atoms with Crippen LogP contribution in [0.3, 0.4) is 0 Å². The van der Waals surface area contributed by atoms with Gasteiger partial charge in [-0.1, -0.05) is 0 Å². The summed E-state index contributed by atoms with van der Waals surface area (Å²) in [6.07, 6.45) is 1.71. The average Bonchev–Trinajstić information content (AvgIpc) is 3.20. The Morgan fingerprint density at radius 3 is 2.60 bits per heavy atom. The number of nitrogens with zero attached hydrogens (tertiary/aromatic N) is 3. The maximum absolute atomic E-state index is 12.2. The van der Waals surface area contributed by atoms with Crippen LogP contribution >= 0.6 is 0 Å². The standard InChI is InChI=1S/C12H13N5O3/c1-16-11(19)7-4-6(9(14)18)8(13)15-10(7)17(12(16)20)5-2-3-5/h4-5H,2-3H2,1H3,(H2,13,15)(H2,14,18). The third kappa shape index (κ3) is 1.61. The lowest BCUT2D eigenvalue weighted by Crippen LogP contribution is -2.38. The van der Waals surface area contributed by atoms with E-state index in [4.69, 9.17) is 11.5 Å². The van der Waals surface area contributed by atoms with Gasteiger partial charge in [0, 0.05) is 13.1 Å². The van der Waals surface area contributed by atoms with Crippen LogP contribution in [0.5, 0.6) is 0 Å². The van der Waals surface area contributed by atoms with E-state index in [1.54, 1.807) is 0 Å². The van der Waals surface area contributed by atoms with Crippen LogP contribution in [0.2, 0.25) is 0 Å². The van der Waals surface area contributed by atoms with Crippen molar-refractivity contribution in [3.8, 4) is 0 Å². The molecule has 1 fully saturated rings. The maximum atomic E-state index is 12.2. The normalized spacial score (nSPS) is 14.7. The van der Waals surface area contributed by atoms with Crippen molar-refractivity contribution in [1.29, 1.82) is 0 Å². The van der Waals surface area contributed by atoms with Gasteiger partial charge in [0.15, 0.2) is 5.65 Å². The first kappa shape index (κ1) is 12.4. The number of carbonyl (C=O) groups is 1. The van der Waals surface area contributed by atoms with Crippen molar-refractivity contribution in [1.82, 2.24) is 14.1 Å². The zero-order chi connectivity index (χ0) is 14.6. The van der Waals surface area contributed by atoms with Crippen molar-refractivity contribution >= 4 is 22.8 Å². The summed E-state index contributed by atoms with van der Waals surface area (Å²) in [7, 11) is 1.39. The minimum atomic E-state index is -0.761. The number of nitrogen functional groups attached to an aromatic ring is 1. The summed E-state index contributed by atoms with van der Waals surface area (Å²) in [5.41, 5.74) is 10.1. The van der Waals surface area contributed by atoms with Gasteiger partial charge in [0.05, 0.1) is 10.9 Å². The first-order valence-electron chi connectivity index (χ1n) is 6.13. The van der Waals surface area contributed by atoms with Crippen LogP contribution in [0.15, 0.2) is 15.7 Å². The van der Waals surface area contributed by atoms with Gasteiger partial charge in [0.25, 0.3) is 11.5 Å². The highest BCUT2D eigenvalue weighted by molar-refractivity contribution is 6.00. The zero-order valence-corrected chi connectivity index (χ0v) is 10.8. The molecule has 20 heavy (non-hydrogen) atoms. The molecule has 3 rings (SSSR count). The summed E-state index contributed by atoms with van der Waals surface area (Å²) in [5.74, 6) is -0.838. The minimum Gasteiger partial charge on any atom is -0.383 e. The molecule has 1 amide bonds. The molecule has 1 aliphatic carbocycles. The van der Waals surface area contributed by atoms with E-state index in [0.717, 1.165) is 17.4 Å². The van der Waals surface area contributed by atoms with Gasteiger partial charge in [0.1, 0.15) is 5.82 Å². The molecule has 0 bridgehead atoms. The van der Waals surface area contributed by atoms with Crippen molar-refractivity contribution < 1.29 is 4.79 Å². The number of amides is 1. The van der Waals surface area contributed by atoms with Gasteiger partial charge in [-0.05, 0) is 18.9 Å². The highest BCUT2D eigenvalue weighted by Crippen LogP contribution is 2.35. The second-order valence-corrected chi connectivity index (χ2v) is 4.90. The lowest BCUT2D eigenvalue weighted by Gasteiger charge is -2.11. The molecule has 0 radical (unpaired) electrons. The van der Waals surface area contributed by atoms with Crippen LogP contribution in [-0.4, -0.2) is 20.0 Å². The third-order valence-electron chi connectivity index (χ3n) is 3.47. The van der Waals surface area contributed by atoms with Crippen molar-refractivity contribution in [2.75, 3.05) is 5.73 Å². The molecule has 2 heterocycles. The second kappa shape index (κ2) is 3.92. The summed E-state index contributed by atoms with van der Waals surface area (Å²) < 4.78 is 2.46. The number of fused-ring (bicyclic) bond motifs is 1. The number of anilines is 1. The molecule has 2 aromatic heterocycles. The molecule has 0 aromatic carbocycles. The first-order valence-corrected chi connectivity index (χ1v) is 6.13. The van der Waals surface area contributed by atoms with Crippen LogP contribution in [0.1, 0.15) is 29.2 Å². The van der Waals surface area contributed by atoms with Crippen LogP contribution in [0.25, 0.3) is 11.0 Å². The van der Waals surface area contributed by atoms with Crippen molar-refractivity contribution in [3.05, 3.63) is 32.5 Å². The van der Waals surface area contributed by atoms with Crippen molar-refractivity contribution in [3.63, 3.8) is 0 Å². The number of pyridine rings is 1. The Kier molecular flexibility index (Phi) is 2.43. The van der Waals surface area contributed by atoms with Gasteiger partial charge in [-0.3, -0.25) is 18.7 Å². The highest BCUT2D eigenvalue weighted by Gasteiger charge is 2.29. The van der Waals surface area contributed by atoms with Gasteiger partial charge >= 0.3 is 5.69 Å². The van der Waals surface area contributed by atoms with Crippen LogP contribution < -0.4 is 22.7 Å². The molecular weight excluding hydrogens is 262 g/mol. The molecule has 1 aliphatic rings. The highest BCUT2D eigenvalue weighted by atomic mass is 16.2. The molecule has 104 valence electrons. The molecule has 8 nitrogen and oxygen atoms in total. The van der Waals surface area contributed by atoms with Gasteiger partial charge in [-0.15, -0.1) is 0 Å². The maximum Gasteiger partial charge on any atom is 0.332 e. The van der Waals surface area contributed by atoms with Crippen LogP contribution in [-0.2, 0) is 7.05 Å². The van der Waals surface area contributed by atoms with E-state index in [1.807, 2.05) is 0 Å². The van der Waals surface area contributed by atoms with Gasteiger partial charge in [0.2, 0.25) is 0 Å². The Labute approximate surface area is 112 Å². The summed E-state index contributed by atoms with van der Waals surface area (Å²) in [6, 6.07) is 1.34. The van der Waals surface area contributed by atoms with Crippen LogP contribution in [0.4, 0.5) is 5.82 Å². The third-order valence-corrected chi connectivity index (χ3v) is 3.47. The van der Waals surface area contributed by atoms with E-state index in [-0.39, 0.29) is 28.5 Å². The Hall–Kier alpha value is -2.64. The molecule has 2 aromatic rings. The molecule has 0 atom stereocenters. The molecule has 0 spiro atoms. The van der Waals surface area contributed by atoms with E-state index < -0.39 is 17.2 Å². The van der Waals surface area contributed by atoms with Crippen molar-refractivity contribution in [2.24, 2.45) is 12.8 Å². The SMILES string of the molecule is Cn1c(=O)c2cc(C(N)=O)c(N)nc2n(C2CC2)c1=O. The molecule has 8 heteroatoms. The molecule has 0 saturated heterocycles. The number of nitrogens with two attached hydrogens (primary N) is 2. The number of aromatic nitrogens is 3. The smallest absolute Gasteiger partial charge is 0.332 e. The quantitative estimate of drug-likeness (QED) is 0.735. The molecule has 4 N–H and O–H groups in total. The van der Waals surface area contributed by atoms with Crippen molar-refractivity contribution in [2.45, 2.75) is 18.9 Å². The zero-order valence-electron chi connectivity index (χ0n) is 10.8. The predicted octanol–water partition coefficient (Wildman–Crippen LogP) is -0.889. The van der Waals surface area contributed by atoms with Gasteiger partial charge in [-0.25, -0.2) is 9.78 Å². The second-order valence-electron chi connectivity index (χ2n) is 4.90. The number of rotatable bonds is 2. The first-order chi connectivity index (χ1) is 9.41. The topological polar surface area (TPSA) is 126 Å². The monoisotopic (exact) mass is 275 g/mol. The summed E-state index contributed by atoms with van der Waals surface area (Å²) in [6.45, 7) is 0. The largest absolute Gasteiger partial charge is 0.383 e. The minimum absolute atomic E-state index is 0.0180.